The highest BCUT2D eigenvalue weighted by molar-refractivity contribution is 5.97. The van der Waals surface area contributed by atoms with Gasteiger partial charge in [0.15, 0.2) is 0 Å². The summed E-state index contributed by atoms with van der Waals surface area (Å²) in [5.74, 6) is -1.08. The monoisotopic (exact) mass is 199 g/mol. The van der Waals surface area contributed by atoms with Gasteiger partial charge in [-0.05, 0) is 0 Å². The van der Waals surface area contributed by atoms with E-state index in [0.717, 1.165) is 6.20 Å². The summed E-state index contributed by atoms with van der Waals surface area (Å²) >= 11 is 0. The number of carboxylic acid groups (broad SMARTS) is 1. The fourth-order valence-corrected chi connectivity index (χ4v) is 0.890. The van der Waals surface area contributed by atoms with Gasteiger partial charge in [0.05, 0.1) is 13.3 Å². The summed E-state index contributed by atoms with van der Waals surface area (Å²) in [6, 6.07) is 0. The van der Waals surface area contributed by atoms with Crippen molar-refractivity contribution < 1.29 is 19.4 Å². The van der Waals surface area contributed by atoms with Crippen LogP contribution in [0.4, 0.5) is 10.6 Å². The van der Waals surface area contributed by atoms with Crippen molar-refractivity contribution in [3.8, 4) is 0 Å². The number of hydrogen-bond acceptors (Lipinski definition) is 4. The Kier molecular flexibility index (Phi) is 2.70. The van der Waals surface area contributed by atoms with Crippen molar-refractivity contribution in [1.29, 1.82) is 0 Å². The molecule has 0 saturated heterocycles. The van der Waals surface area contributed by atoms with Gasteiger partial charge in [-0.3, -0.25) is 10.00 Å². The number of nitrogens with zero attached hydrogens (tertiary/aromatic N) is 2. The highest BCUT2D eigenvalue weighted by Gasteiger charge is 2.16. The van der Waals surface area contributed by atoms with E-state index in [1.54, 1.807) is 0 Å². The molecule has 0 aliphatic carbocycles. The Labute approximate surface area is 79.3 Å². The number of rotatable bonds is 2. The number of methoxy groups -OCH3 is 1. The van der Waals surface area contributed by atoms with Crippen molar-refractivity contribution in [2.24, 2.45) is 7.05 Å². The van der Waals surface area contributed by atoms with Crippen LogP contribution in [0.25, 0.3) is 0 Å². The lowest BCUT2D eigenvalue weighted by molar-refractivity contribution is 0.0698. The Balaban J connectivity index is 2.99. The van der Waals surface area contributed by atoms with Crippen molar-refractivity contribution in [2.75, 3.05) is 12.4 Å². The molecule has 1 amide bonds. The van der Waals surface area contributed by atoms with Crippen LogP contribution in [0.3, 0.4) is 0 Å². The number of ether oxygens (including phenoxy) is 1. The topological polar surface area (TPSA) is 93.4 Å². The molecule has 76 valence electrons. The summed E-state index contributed by atoms with van der Waals surface area (Å²) in [5.41, 5.74) is -0.0853. The molecule has 0 radical (unpaired) electrons. The van der Waals surface area contributed by atoms with Crippen LogP contribution in [-0.2, 0) is 11.8 Å². The van der Waals surface area contributed by atoms with Crippen LogP contribution < -0.4 is 5.32 Å². The third-order valence-electron chi connectivity index (χ3n) is 1.58. The average molecular weight is 199 g/mol. The number of aryl methyl sites for hydroxylation is 1. The van der Waals surface area contributed by atoms with Gasteiger partial charge in [0.25, 0.3) is 0 Å². The quantitative estimate of drug-likeness (QED) is 0.714. The van der Waals surface area contributed by atoms with Gasteiger partial charge in [-0.25, -0.2) is 9.59 Å². The number of nitrogens with one attached hydrogen (secondary N) is 1. The van der Waals surface area contributed by atoms with Crippen molar-refractivity contribution >= 4 is 17.9 Å². The molecule has 0 aliphatic rings. The number of hydrogen-bond donors (Lipinski definition) is 2. The number of anilines is 1. The molecule has 0 bridgehead atoms. The zero-order valence-corrected chi connectivity index (χ0v) is 7.64. The highest BCUT2D eigenvalue weighted by Crippen LogP contribution is 2.13. The minimum Gasteiger partial charge on any atom is -0.477 e. The Morgan fingerprint density at radius 2 is 2.29 bits per heavy atom. The van der Waals surface area contributed by atoms with Crippen LogP contribution in [0, 0.1) is 0 Å². The highest BCUT2D eigenvalue weighted by atomic mass is 16.5. The molecule has 0 saturated carbocycles. The van der Waals surface area contributed by atoms with Crippen LogP contribution in [0.5, 0.6) is 0 Å². The minimum atomic E-state index is -1.16. The van der Waals surface area contributed by atoms with Crippen molar-refractivity contribution in [3.63, 3.8) is 0 Å². The van der Waals surface area contributed by atoms with Crippen molar-refractivity contribution in [3.05, 3.63) is 11.8 Å². The third-order valence-corrected chi connectivity index (χ3v) is 1.58. The Bertz CT molecular complexity index is 371. The standard InChI is InChI=1S/C7H9N3O4/c1-10-5(9-7(13)14-2)4(3-8-10)6(11)12/h3H,1-2H3,(H,9,13)(H,11,12). The first-order chi connectivity index (χ1) is 6.56. The van der Waals surface area contributed by atoms with E-state index in [2.05, 4.69) is 15.2 Å². The SMILES string of the molecule is COC(=O)Nc1c(C(=O)O)cnn1C. The van der Waals surface area contributed by atoms with Crippen LogP contribution >= 0.6 is 0 Å². The molecule has 0 aromatic carbocycles. The van der Waals surface area contributed by atoms with E-state index in [4.69, 9.17) is 5.11 Å². The Morgan fingerprint density at radius 3 is 2.79 bits per heavy atom. The second-order valence-electron chi connectivity index (χ2n) is 2.45. The van der Waals surface area contributed by atoms with E-state index in [0.29, 0.717) is 0 Å². The van der Waals surface area contributed by atoms with E-state index in [9.17, 15) is 9.59 Å². The summed E-state index contributed by atoms with van der Waals surface area (Å²) in [6.07, 6.45) is 0.407. The fourth-order valence-electron chi connectivity index (χ4n) is 0.890. The molecule has 1 rings (SSSR count). The van der Waals surface area contributed by atoms with E-state index in [-0.39, 0.29) is 11.4 Å². The predicted octanol–water partition coefficient (Wildman–Crippen LogP) is 0.297. The molecule has 7 heteroatoms. The molecule has 1 heterocycles. The normalized spacial score (nSPS) is 9.57. The maximum Gasteiger partial charge on any atom is 0.412 e. The number of carboxylic acids is 1. The number of carbonyl (C=O) groups is 2. The summed E-state index contributed by atoms with van der Waals surface area (Å²) in [6.45, 7) is 0. The van der Waals surface area contributed by atoms with Gasteiger partial charge in [-0.15, -0.1) is 0 Å². The second kappa shape index (κ2) is 3.77. The van der Waals surface area contributed by atoms with Gasteiger partial charge in [0.1, 0.15) is 11.4 Å². The van der Waals surface area contributed by atoms with Gasteiger partial charge in [-0.1, -0.05) is 0 Å². The maximum atomic E-state index is 10.8. The lowest BCUT2D eigenvalue weighted by atomic mass is 10.3. The van der Waals surface area contributed by atoms with Gasteiger partial charge < -0.3 is 9.84 Å². The predicted molar refractivity (Wildman–Crippen MR) is 46.2 cm³/mol. The maximum absolute atomic E-state index is 10.8. The fraction of sp³-hybridized carbons (Fsp3) is 0.286. The third kappa shape index (κ3) is 1.82. The van der Waals surface area contributed by atoms with Gasteiger partial charge >= 0.3 is 12.1 Å². The second-order valence-corrected chi connectivity index (χ2v) is 2.45. The summed E-state index contributed by atoms with van der Waals surface area (Å²) < 4.78 is 5.57. The zero-order chi connectivity index (χ0) is 10.7. The Hall–Kier alpha value is -2.05. The molecule has 14 heavy (non-hydrogen) atoms. The molecule has 1 aromatic rings. The smallest absolute Gasteiger partial charge is 0.412 e. The Morgan fingerprint density at radius 1 is 1.64 bits per heavy atom. The van der Waals surface area contributed by atoms with E-state index < -0.39 is 12.1 Å². The molecule has 0 unspecified atom stereocenters. The molecule has 0 spiro atoms. The first-order valence-electron chi connectivity index (χ1n) is 3.66. The van der Waals surface area contributed by atoms with Crippen molar-refractivity contribution in [1.82, 2.24) is 9.78 Å². The van der Waals surface area contributed by atoms with Crippen LogP contribution in [0.1, 0.15) is 10.4 Å². The lowest BCUT2D eigenvalue weighted by Crippen LogP contribution is -2.16. The average Bonchev–Trinajstić information content (AvgIpc) is 2.48. The number of aromatic nitrogens is 2. The number of carbonyl (C=O) groups excluding carboxylic acids is 1. The van der Waals surface area contributed by atoms with Gasteiger partial charge in [-0.2, -0.15) is 5.10 Å². The summed E-state index contributed by atoms with van der Waals surface area (Å²) in [5, 5.41) is 14.7. The zero-order valence-electron chi connectivity index (χ0n) is 7.64. The van der Waals surface area contributed by atoms with Crippen LogP contribution in [-0.4, -0.2) is 34.1 Å². The van der Waals surface area contributed by atoms with E-state index in [1.807, 2.05) is 0 Å². The van der Waals surface area contributed by atoms with E-state index in [1.165, 1.54) is 18.8 Å². The molecule has 0 aliphatic heterocycles. The lowest BCUT2D eigenvalue weighted by Gasteiger charge is -2.04. The van der Waals surface area contributed by atoms with E-state index >= 15 is 0 Å². The number of amides is 1. The number of aromatic carboxylic acids is 1. The molecule has 0 fully saturated rings. The first-order valence-corrected chi connectivity index (χ1v) is 3.66. The first kappa shape index (κ1) is 10.0. The molecule has 0 atom stereocenters. The molecule has 1 aromatic heterocycles. The molecule has 2 N–H and O–H groups in total. The summed E-state index contributed by atoms with van der Waals surface area (Å²) in [7, 11) is 2.70. The van der Waals surface area contributed by atoms with Crippen molar-refractivity contribution in [2.45, 2.75) is 0 Å². The molecular formula is C7H9N3O4. The van der Waals surface area contributed by atoms with Gasteiger partial charge in [0.2, 0.25) is 0 Å². The van der Waals surface area contributed by atoms with Crippen LogP contribution in [0.15, 0.2) is 6.20 Å². The van der Waals surface area contributed by atoms with Gasteiger partial charge in [0, 0.05) is 7.05 Å². The van der Waals surface area contributed by atoms with Crippen LogP contribution in [0.2, 0.25) is 0 Å². The molecular weight excluding hydrogens is 190 g/mol. The minimum absolute atomic E-state index is 0.0853. The summed E-state index contributed by atoms with van der Waals surface area (Å²) in [4.78, 5) is 21.5. The largest absolute Gasteiger partial charge is 0.477 e. The molecule has 7 nitrogen and oxygen atoms in total.